The van der Waals surface area contributed by atoms with Gasteiger partial charge < -0.3 is 15.8 Å². The molecule has 22 heavy (non-hydrogen) atoms. The third-order valence-electron chi connectivity index (χ3n) is 2.83. The van der Waals surface area contributed by atoms with E-state index in [9.17, 15) is 4.79 Å². The van der Waals surface area contributed by atoms with Crippen molar-refractivity contribution in [1.29, 1.82) is 0 Å². The lowest BCUT2D eigenvalue weighted by Gasteiger charge is -2.10. The molecular formula is C16H18Cl2N2O2. The van der Waals surface area contributed by atoms with Crippen molar-refractivity contribution in [3.63, 3.8) is 0 Å². The molecule has 0 radical (unpaired) electrons. The standard InChI is InChI=1S/C16H17ClN2O2.ClH/c1-11(18)16(20)19-14-3-2-4-15(9-14)21-10-12-5-7-13(17)8-6-12;/h2-9,11H,10,18H2,1H3,(H,19,20);1H. The first-order valence-electron chi connectivity index (χ1n) is 6.58. The Morgan fingerprint density at radius 2 is 1.95 bits per heavy atom. The average molecular weight is 341 g/mol. The summed E-state index contributed by atoms with van der Waals surface area (Å²) in [5.41, 5.74) is 7.19. The minimum absolute atomic E-state index is 0. The topological polar surface area (TPSA) is 64.4 Å². The number of carbonyl (C=O) groups is 1. The Bertz CT molecular complexity index is 616. The van der Waals surface area contributed by atoms with Crippen molar-refractivity contribution >= 4 is 35.6 Å². The van der Waals surface area contributed by atoms with Gasteiger partial charge in [0, 0.05) is 16.8 Å². The molecule has 3 N–H and O–H groups in total. The zero-order chi connectivity index (χ0) is 15.2. The van der Waals surface area contributed by atoms with Crippen LogP contribution in [0.4, 0.5) is 5.69 Å². The molecule has 0 aliphatic heterocycles. The van der Waals surface area contributed by atoms with Gasteiger partial charge in [-0.05, 0) is 36.8 Å². The van der Waals surface area contributed by atoms with Crippen molar-refractivity contribution in [1.82, 2.24) is 0 Å². The Morgan fingerprint density at radius 1 is 1.27 bits per heavy atom. The van der Waals surface area contributed by atoms with Crippen LogP contribution in [-0.4, -0.2) is 11.9 Å². The molecule has 2 rings (SSSR count). The van der Waals surface area contributed by atoms with Gasteiger partial charge in [-0.15, -0.1) is 12.4 Å². The summed E-state index contributed by atoms with van der Waals surface area (Å²) in [6, 6.07) is 14.1. The van der Waals surface area contributed by atoms with Crippen LogP contribution in [0.2, 0.25) is 5.02 Å². The van der Waals surface area contributed by atoms with Crippen LogP contribution in [0, 0.1) is 0 Å². The number of anilines is 1. The molecule has 0 heterocycles. The molecule has 0 saturated heterocycles. The summed E-state index contributed by atoms with van der Waals surface area (Å²) in [7, 11) is 0. The second-order valence-electron chi connectivity index (χ2n) is 4.72. The van der Waals surface area contributed by atoms with Gasteiger partial charge in [-0.25, -0.2) is 0 Å². The van der Waals surface area contributed by atoms with Gasteiger partial charge in [0.25, 0.3) is 0 Å². The van der Waals surface area contributed by atoms with E-state index in [1.165, 1.54) is 0 Å². The molecule has 0 aliphatic rings. The van der Waals surface area contributed by atoms with Crippen LogP contribution in [0.25, 0.3) is 0 Å². The zero-order valence-electron chi connectivity index (χ0n) is 12.1. The van der Waals surface area contributed by atoms with Crippen LogP contribution in [0.1, 0.15) is 12.5 Å². The fraction of sp³-hybridized carbons (Fsp3) is 0.188. The molecule has 0 fully saturated rings. The van der Waals surface area contributed by atoms with E-state index >= 15 is 0 Å². The maximum absolute atomic E-state index is 11.5. The summed E-state index contributed by atoms with van der Waals surface area (Å²) in [5, 5.41) is 3.42. The van der Waals surface area contributed by atoms with Gasteiger partial charge in [-0.2, -0.15) is 0 Å². The average Bonchev–Trinajstić information content (AvgIpc) is 2.47. The molecule has 0 bridgehead atoms. The summed E-state index contributed by atoms with van der Waals surface area (Å²) in [5.74, 6) is 0.442. The number of hydrogen-bond donors (Lipinski definition) is 2. The van der Waals surface area contributed by atoms with E-state index in [0.717, 1.165) is 5.56 Å². The van der Waals surface area contributed by atoms with E-state index < -0.39 is 6.04 Å². The lowest BCUT2D eigenvalue weighted by atomic mass is 10.2. The molecule has 1 atom stereocenters. The Morgan fingerprint density at radius 3 is 2.59 bits per heavy atom. The van der Waals surface area contributed by atoms with Gasteiger partial charge >= 0.3 is 0 Å². The fourth-order valence-corrected chi connectivity index (χ4v) is 1.79. The van der Waals surface area contributed by atoms with E-state index in [-0.39, 0.29) is 18.3 Å². The SMILES string of the molecule is CC(N)C(=O)Nc1cccc(OCc2ccc(Cl)cc2)c1.Cl. The van der Waals surface area contributed by atoms with E-state index in [1.807, 2.05) is 36.4 Å². The van der Waals surface area contributed by atoms with E-state index in [4.69, 9.17) is 22.1 Å². The van der Waals surface area contributed by atoms with Crippen molar-refractivity contribution in [2.24, 2.45) is 5.73 Å². The van der Waals surface area contributed by atoms with Gasteiger partial charge in [-0.1, -0.05) is 29.8 Å². The molecule has 0 aliphatic carbocycles. The number of ether oxygens (including phenoxy) is 1. The molecule has 6 heteroatoms. The Balaban J connectivity index is 0.00000242. The van der Waals surface area contributed by atoms with E-state index in [1.54, 1.807) is 19.1 Å². The second kappa shape index (κ2) is 8.63. The van der Waals surface area contributed by atoms with Crippen molar-refractivity contribution in [3.8, 4) is 5.75 Å². The van der Waals surface area contributed by atoms with Gasteiger partial charge in [0.2, 0.25) is 5.91 Å². The first-order chi connectivity index (χ1) is 10.0. The van der Waals surface area contributed by atoms with Crippen molar-refractivity contribution < 1.29 is 9.53 Å². The maximum Gasteiger partial charge on any atom is 0.241 e. The molecular weight excluding hydrogens is 323 g/mol. The summed E-state index contributed by atoms with van der Waals surface area (Å²) < 4.78 is 5.69. The smallest absolute Gasteiger partial charge is 0.241 e. The first kappa shape index (κ1) is 18.3. The Hall–Kier alpha value is -1.75. The first-order valence-corrected chi connectivity index (χ1v) is 6.96. The van der Waals surface area contributed by atoms with Gasteiger partial charge in [-0.3, -0.25) is 4.79 Å². The number of rotatable bonds is 5. The van der Waals surface area contributed by atoms with Gasteiger partial charge in [0.05, 0.1) is 6.04 Å². The van der Waals surface area contributed by atoms with Crippen molar-refractivity contribution in [2.75, 3.05) is 5.32 Å². The largest absolute Gasteiger partial charge is 0.489 e. The molecule has 0 spiro atoms. The highest BCUT2D eigenvalue weighted by atomic mass is 35.5. The normalized spacial score (nSPS) is 11.2. The van der Waals surface area contributed by atoms with Crippen molar-refractivity contribution in [2.45, 2.75) is 19.6 Å². The molecule has 1 unspecified atom stereocenters. The lowest BCUT2D eigenvalue weighted by molar-refractivity contribution is -0.117. The van der Waals surface area contributed by atoms with Crippen LogP contribution in [0.15, 0.2) is 48.5 Å². The molecule has 0 aromatic heterocycles. The van der Waals surface area contributed by atoms with E-state index in [0.29, 0.717) is 23.1 Å². The second-order valence-corrected chi connectivity index (χ2v) is 5.16. The minimum Gasteiger partial charge on any atom is -0.489 e. The van der Waals surface area contributed by atoms with Crippen LogP contribution >= 0.6 is 24.0 Å². The number of amides is 1. The lowest BCUT2D eigenvalue weighted by Crippen LogP contribution is -2.32. The maximum atomic E-state index is 11.5. The highest BCUT2D eigenvalue weighted by Gasteiger charge is 2.07. The molecule has 4 nitrogen and oxygen atoms in total. The molecule has 0 saturated carbocycles. The fourth-order valence-electron chi connectivity index (χ4n) is 1.67. The highest BCUT2D eigenvalue weighted by Crippen LogP contribution is 2.19. The minimum atomic E-state index is -0.552. The van der Waals surface area contributed by atoms with E-state index in [2.05, 4.69) is 5.32 Å². The quantitative estimate of drug-likeness (QED) is 0.873. The van der Waals surface area contributed by atoms with Gasteiger partial charge in [0.1, 0.15) is 12.4 Å². The third-order valence-corrected chi connectivity index (χ3v) is 3.09. The predicted molar refractivity (Wildman–Crippen MR) is 91.8 cm³/mol. The molecule has 118 valence electrons. The summed E-state index contributed by atoms with van der Waals surface area (Å²) in [6.07, 6.45) is 0. The van der Waals surface area contributed by atoms with Crippen LogP contribution in [-0.2, 0) is 11.4 Å². The van der Waals surface area contributed by atoms with Crippen molar-refractivity contribution in [3.05, 3.63) is 59.1 Å². The highest BCUT2D eigenvalue weighted by molar-refractivity contribution is 6.30. The number of hydrogen-bond acceptors (Lipinski definition) is 3. The van der Waals surface area contributed by atoms with Crippen LogP contribution < -0.4 is 15.8 Å². The summed E-state index contributed by atoms with van der Waals surface area (Å²) in [6.45, 7) is 2.07. The van der Waals surface area contributed by atoms with Crippen LogP contribution in [0.5, 0.6) is 5.75 Å². The third kappa shape index (κ3) is 5.56. The predicted octanol–water partition coefficient (Wildman–Crippen LogP) is 3.63. The number of nitrogens with one attached hydrogen (secondary N) is 1. The monoisotopic (exact) mass is 340 g/mol. The number of nitrogens with two attached hydrogens (primary N) is 1. The summed E-state index contributed by atoms with van der Waals surface area (Å²) in [4.78, 5) is 11.5. The van der Waals surface area contributed by atoms with Gasteiger partial charge in [0.15, 0.2) is 0 Å². The number of carbonyl (C=O) groups excluding carboxylic acids is 1. The summed E-state index contributed by atoms with van der Waals surface area (Å²) >= 11 is 5.83. The molecule has 1 amide bonds. The molecule has 2 aromatic carbocycles. The van der Waals surface area contributed by atoms with Crippen LogP contribution in [0.3, 0.4) is 0 Å². The number of halogens is 2. The molecule has 2 aromatic rings. The Kier molecular flexibility index (Phi) is 7.18. The number of benzene rings is 2. The zero-order valence-corrected chi connectivity index (χ0v) is 13.7. The Labute approximate surface area is 141 Å².